The van der Waals surface area contributed by atoms with Gasteiger partial charge >= 0.3 is 6.03 Å². The lowest BCUT2D eigenvalue weighted by molar-refractivity contribution is 0.000476. The molecule has 0 spiro atoms. The molecule has 4 aliphatic heterocycles. The molecule has 0 aromatic rings. The Balaban J connectivity index is 1.40. The van der Waals surface area contributed by atoms with Gasteiger partial charge in [-0.3, -0.25) is 11.2 Å². The SMILES string of the molecule is CC1(C)C2=CNC(N(N)C3CCOCC3)NC2CN1C(=O)N=NC1CCOCC1. The van der Waals surface area contributed by atoms with Gasteiger partial charge in [0.25, 0.3) is 0 Å². The minimum atomic E-state index is -0.445. The second-order valence-corrected chi connectivity index (χ2v) is 8.69. The van der Waals surface area contributed by atoms with Crippen molar-refractivity contribution in [3.8, 4) is 0 Å². The number of carbonyl (C=O) groups excluding carboxylic acids is 1. The molecule has 0 radical (unpaired) electrons. The minimum absolute atomic E-state index is 0.0318. The first kappa shape index (κ1) is 20.7. The Kier molecular flexibility index (Phi) is 6.16. The van der Waals surface area contributed by atoms with Crippen molar-refractivity contribution in [2.75, 3.05) is 33.0 Å². The summed E-state index contributed by atoms with van der Waals surface area (Å²) in [6.07, 6.45) is 5.30. The van der Waals surface area contributed by atoms with Gasteiger partial charge in [0.15, 0.2) is 0 Å². The normalized spacial score (nSPS) is 31.0. The van der Waals surface area contributed by atoms with Crippen LogP contribution in [0.2, 0.25) is 0 Å². The van der Waals surface area contributed by atoms with Crippen molar-refractivity contribution >= 4 is 6.03 Å². The van der Waals surface area contributed by atoms with Crippen LogP contribution < -0.4 is 16.5 Å². The van der Waals surface area contributed by atoms with Gasteiger partial charge in [0.2, 0.25) is 0 Å². The number of carbonyl (C=O) groups is 1. The Morgan fingerprint density at radius 1 is 1.21 bits per heavy atom. The maximum absolute atomic E-state index is 12.8. The number of hydrogen-bond donors (Lipinski definition) is 3. The first-order chi connectivity index (χ1) is 14.0. The number of rotatable bonds is 3. The van der Waals surface area contributed by atoms with E-state index in [1.54, 1.807) is 4.90 Å². The van der Waals surface area contributed by atoms with Gasteiger partial charge in [-0.05, 0) is 45.1 Å². The predicted molar refractivity (Wildman–Crippen MR) is 107 cm³/mol. The fraction of sp³-hybridized carbons (Fsp3) is 0.842. The molecule has 3 saturated heterocycles. The molecule has 0 bridgehead atoms. The average Bonchev–Trinajstić information content (AvgIpc) is 3.03. The third-order valence-corrected chi connectivity index (χ3v) is 6.52. The largest absolute Gasteiger partial charge is 0.381 e. The van der Waals surface area contributed by atoms with Crippen molar-refractivity contribution in [1.29, 1.82) is 0 Å². The predicted octanol–water partition coefficient (Wildman–Crippen LogP) is 0.915. The fourth-order valence-electron chi connectivity index (χ4n) is 4.59. The highest BCUT2D eigenvalue weighted by atomic mass is 16.5. The van der Waals surface area contributed by atoms with Crippen molar-refractivity contribution < 1.29 is 14.3 Å². The van der Waals surface area contributed by atoms with Crippen molar-refractivity contribution in [3.63, 3.8) is 0 Å². The lowest BCUT2D eigenvalue weighted by Gasteiger charge is -2.40. The van der Waals surface area contributed by atoms with Gasteiger partial charge in [0.1, 0.15) is 6.29 Å². The molecular weight excluding hydrogens is 374 g/mol. The van der Waals surface area contributed by atoms with E-state index in [1.165, 1.54) is 0 Å². The smallest absolute Gasteiger partial charge is 0.362 e. The highest BCUT2D eigenvalue weighted by Gasteiger charge is 2.48. The van der Waals surface area contributed by atoms with Gasteiger partial charge in [0.05, 0.1) is 17.6 Å². The fourth-order valence-corrected chi connectivity index (χ4v) is 4.59. The van der Waals surface area contributed by atoms with E-state index in [-0.39, 0.29) is 30.4 Å². The van der Waals surface area contributed by atoms with Crippen LogP contribution in [0.3, 0.4) is 0 Å². The summed E-state index contributed by atoms with van der Waals surface area (Å²) >= 11 is 0. The molecule has 4 N–H and O–H groups in total. The van der Waals surface area contributed by atoms with Crippen molar-refractivity contribution in [3.05, 3.63) is 11.8 Å². The van der Waals surface area contributed by atoms with E-state index in [0.29, 0.717) is 19.8 Å². The molecule has 2 unspecified atom stereocenters. The molecule has 0 aliphatic carbocycles. The third kappa shape index (κ3) is 4.31. The van der Waals surface area contributed by atoms with Crippen LogP contribution in [-0.2, 0) is 9.47 Å². The number of amides is 2. The molecule has 10 heteroatoms. The molecule has 29 heavy (non-hydrogen) atoms. The molecular formula is C19H33N7O3. The second-order valence-electron chi connectivity index (χ2n) is 8.69. The van der Waals surface area contributed by atoms with E-state index in [9.17, 15) is 4.79 Å². The standard InChI is InChI=1S/C19H33N7O3/c1-19(2)15-11-21-17(26(20)14-5-9-29-10-6-14)22-16(15)12-25(19)18(27)24-23-13-3-7-28-8-4-13/h11,13-14,16-17,21-22H,3-10,12,20H2,1-2H3. The van der Waals surface area contributed by atoms with Crippen LogP contribution in [0.5, 0.6) is 0 Å². The zero-order chi connectivity index (χ0) is 20.4. The summed E-state index contributed by atoms with van der Waals surface area (Å²) in [6, 6.07) is 0.0898. The van der Waals surface area contributed by atoms with Gasteiger partial charge in [-0.1, -0.05) is 5.11 Å². The number of fused-ring (bicyclic) bond motifs is 1. The monoisotopic (exact) mass is 407 g/mol. The number of nitrogens with one attached hydrogen (secondary N) is 2. The zero-order valence-corrected chi connectivity index (χ0v) is 17.3. The first-order valence-corrected chi connectivity index (χ1v) is 10.6. The molecule has 0 aromatic heterocycles. The van der Waals surface area contributed by atoms with Gasteiger partial charge < -0.3 is 19.7 Å². The lowest BCUT2D eigenvalue weighted by Crippen LogP contribution is -2.65. The lowest BCUT2D eigenvalue weighted by atomic mass is 9.92. The molecule has 3 fully saturated rings. The van der Waals surface area contributed by atoms with E-state index < -0.39 is 5.54 Å². The molecule has 0 saturated carbocycles. The number of nitrogens with zero attached hydrogens (tertiary/aromatic N) is 4. The quantitative estimate of drug-likeness (QED) is 0.362. The van der Waals surface area contributed by atoms with Crippen LogP contribution in [0, 0.1) is 0 Å². The van der Waals surface area contributed by atoms with E-state index in [4.69, 9.17) is 15.3 Å². The molecule has 0 aromatic carbocycles. The minimum Gasteiger partial charge on any atom is -0.381 e. The summed E-state index contributed by atoms with van der Waals surface area (Å²) in [4.78, 5) is 14.6. The van der Waals surface area contributed by atoms with Gasteiger partial charge in [-0.25, -0.2) is 9.80 Å². The van der Waals surface area contributed by atoms with Crippen LogP contribution >= 0.6 is 0 Å². The Morgan fingerprint density at radius 2 is 1.86 bits per heavy atom. The Morgan fingerprint density at radius 3 is 2.55 bits per heavy atom. The van der Waals surface area contributed by atoms with Crippen LogP contribution in [0.4, 0.5) is 4.79 Å². The number of azo groups is 1. The topological polar surface area (TPSA) is 117 Å². The molecule has 4 rings (SSSR count). The molecule has 10 nitrogen and oxygen atoms in total. The van der Waals surface area contributed by atoms with E-state index >= 15 is 0 Å². The summed E-state index contributed by atoms with van der Waals surface area (Å²) in [5, 5.41) is 17.1. The van der Waals surface area contributed by atoms with E-state index in [1.807, 2.05) is 25.1 Å². The summed E-state index contributed by atoms with van der Waals surface area (Å²) in [7, 11) is 0. The van der Waals surface area contributed by atoms with E-state index in [2.05, 4.69) is 20.9 Å². The van der Waals surface area contributed by atoms with Gasteiger partial charge in [-0.2, -0.15) is 5.11 Å². The third-order valence-electron chi connectivity index (χ3n) is 6.52. The Bertz CT molecular complexity index is 656. The highest BCUT2D eigenvalue weighted by Crippen LogP contribution is 2.36. The van der Waals surface area contributed by atoms with E-state index in [0.717, 1.165) is 44.5 Å². The van der Waals surface area contributed by atoms with Crippen LogP contribution in [0.1, 0.15) is 39.5 Å². The first-order valence-electron chi connectivity index (χ1n) is 10.6. The Hall–Kier alpha value is -1.59. The summed E-state index contributed by atoms with van der Waals surface area (Å²) in [6.45, 7) is 7.48. The van der Waals surface area contributed by atoms with Crippen molar-refractivity contribution in [2.24, 2.45) is 16.1 Å². The number of hydrazine groups is 1. The maximum atomic E-state index is 12.8. The number of hydrogen-bond acceptors (Lipinski definition) is 8. The zero-order valence-electron chi connectivity index (χ0n) is 17.3. The molecule has 2 amide bonds. The van der Waals surface area contributed by atoms with Crippen molar-refractivity contribution in [2.45, 2.75) is 69.5 Å². The summed E-state index contributed by atoms with van der Waals surface area (Å²) in [5.41, 5.74) is 0.684. The number of likely N-dealkylation sites (tertiary alicyclic amines) is 1. The summed E-state index contributed by atoms with van der Waals surface area (Å²) < 4.78 is 10.8. The molecule has 162 valence electrons. The highest BCUT2D eigenvalue weighted by molar-refractivity contribution is 5.77. The summed E-state index contributed by atoms with van der Waals surface area (Å²) in [5.74, 6) is 6.40. The van der Waals surface area contributed by atoms with Gasteiger partial charge in [-0.15, -0.1) is 0 Å². The van der Waals surface area contributed by atoms with Crippen LogP contribution in [-0.4, -0.2) is 78.9 Å². The molecule has 4 aliphatic rings. The molecule has 4 heterocycles. The van der Waals surface area contributed by atoms with Crippen LogP contribution in [0.15, 0.2) is 22.0 Å². The Labute approximate surface area is 171 Å². The van der Waals surface area contributed by atoms with Crippen molar-refractivity contribution in [1.82, 2.24) is 20.5 Å². The van der Waals surface area contributed by atoms with Crippen LogP contribution in [0.25, 0.3) is 0 Å². The number of nitrogens with two attached hydrogens (primary N) is 1. The average molecular weight is 408 g/mol. The second kappa shape index (κ2) is 8.65. The van der Waals surface area contributed by atoms with Gasteiger partial charge in [0, 0.05) is 45.2 Å². The number of urea groups is 1. The maximum Gasteiger partial charge on any atom is 0.362 e. The number of ether oxygens (including phenoxy) is 2. The molecule has 2 atom stereocenters.